The van der Waals surface area contributed by atoms with E-state index in [4.69, 9.17) is 0 Å². The van der Waals surface area contributed by atoms with Gasteiger partial charge in [0.25, 0.3) is 0 Å². The Labute approximate surface area is 122 Å². The summed E-state index contributed by atoms with van der Waals surface area (Å²) in [5.41, 5.74) is 1.60. The van der Waals surface area contributed by atoms with Crippen molar-refractivity contribution in [3.05, 3.63) is 30.6 Å². The van der Waals surface area contributed by atoms with Crippen LogP contribution in [0.15, 0.2) is 30.6 Å². The van der Waals surface area contributed by atoms with Crippen molar-refractivity contribution in [1.29, 1.82) is 0 Å². The summed E-state index contributed by atoms with van der Waals surface area (Å²) >= 11 is 0. The van der Waals surface area contributed by atoms with E-state index in [0.717, 1.165) is 37.6 Å². The molecule has 1 aliphatic rings. The van der Waals surface area contributed by atoms with E-state index in [9.17, 15) is 4.79 Å². The minimum absolute atomic E-state index is 0.0572. The molecule has 0 bridgehead atoms. The van der Waals surface area contributed by atoms with Crippen molar-refractivity contribution in [2.24, 2.45) is 0 Å². The van der Waals surface area contributed by atoms with Crippen molar-refractivity contribution in [1.82, 2.24) is 30.0 Å². The fourth-order valence-corrected chi connectivity index (χ4v) is 2.19. The number of aromatic nitrogens is 4. The van der Waals surface area contributed by atoms with E-state index in [1.807, 2.05) is 29.2 Å². The lowest BCUT2D eigenvalue weighted by Gasteiger charge is -2.32. The third-order valence-corrected chi connectivity index (χ3v) is 3.52. The van der Waals surface area contributed by atoms with E-state index in [1.54, 1.807) is 4.68 Å². The molecule has 21 heavy (non-hydrogen) atoms. The number of anilines is 1. The Morgan fingerprint density at radius 1 is 1.14 bits per heavy atom. The summed E-state index contributed by atoms with van der Waals surface area (Å²) in [4.78, 5) is 16.2. The molecule has 2 heterocycles. The molecule has 2 aromatic rings. The van der Waals surface area contributed by atoms with Gasteiger partial charge in [0, 0.05) is 31.9 Å². The van der Waals surface area contributed by atoms with Gasteiger partial charge in [0.05, 0.1) is 5.69 Å². The first-order valence-corrected chi connectivity index (χ1v) is 6.80. The highest BCUT2D eigenvalue weighted by atomic mass is 16.2. The number of nitrogens with zero attached hydrogens (tertiary/aromatic N) is 6. The Bertz CT molecular complexity index is 587. The minimum atomic E-state index is -0.0572. The molecule has 0 spiro atoms. The van der Waals surface area contributed by atoms with Crippen LogP contribution in [0.25, 0.3) is 5.69 Å². The summed E-state index contributed by atoms with van der Waals surface area (Å²) in [5.74, 6) is 0. The van der Waals surface area contributed by atoms with Crippen LogP contribution in [0.3, 0.4) is 0 Å². The lowest BCUT2D eigenvalue weighted by atomic mass is 10.3. The largest absolute Gasteiger partial charge is 0.322 e. The molecule has 1 N–H and O–H groups in total. The smallest absolute Gasteiger partial charge is 0.321 e. The van der Waals surface area contributed by atoms with Crippen molar-refractivity contribution in [3.63, 3.8) is 0 Å². The SMILES string of the molecule is CN1CCN(C(=O)Nc2ccc(-n3cnnn3)cc2)CC1. The summed E-state index contributed by atoms with van der Waals surface area (Å²) in [5, 5.41) is 13.9. The van der Waals surface area contributed by atoms with E-state index in [2.05, 4.69) is 32.8 Å². The van der Waals surface area contributed by atoms with Crippen LogP contribution in [0.2, 0.25) is 0 Å². The molecule has 0 aliphatic carbocycles. The fraction of sp³-hybridized carbons (Fsp3) is 0.385. The van der Waals surface area contributed by atoms with Gasteiger partial charge in [-0.05, 0) is 41.7 Å². The van der Waals surface area contributed by atoms with Crippen molar-refractivity contribution >= 4 is 11.7 Å². The van der Waals surface area contributed by atoms with Crippen LogP contribution in [-0.4, -0.2) is 69.3 Å². The predicted molar refractivity (Wildman–Crippen MR) is 77.2 cm³/mol. The Kier molecular flexibility index (Phi) is 3.78. The molecule has 0 unspecified atom stereocenters. The average molecular weight is 287 g/mol. The van der Waals surface area contributed by atoms with Gasteiger partial charge >= 0.3 is 6.03 Å². The second-order valence-electron chi connectivity index (χ2n) is 5.02. The lowest BCUT2D eigenvalue weighted by Crippen LogP contribution is -2.48. The van der Waals surface area contributed by atoms with Crippen molar-refractivity contribution < 1.29 is 4.79 Å². The number of piperazine rings is 1. The van der Waals surface area contributed by atoms with Gasteiger partial charge in [0.1, 0.15) is 6.33 Å². The van der Waals surface area contributed by atoms with Gasteiger partial charge < -0.3 is 15.1 Å². The number of hydrogen-bond donors (Lipinski definition) is 1. The maximum atomic E-state index is 12.1. The molecule has 0 atom stereocenters. The zero-order chi connectivity index (χ0) is 14.7. The predicted octanol–water partition coefficient (Wildman–Crippen LogP) is 0.442. The van der Waals surface area contributed by atoms with Gasteiger partial charge in [-0.3, -0.25) is 0 Å². The number of hydrogen-bond acceptors (Lipinski definition) is 5. The van der Waals surface area contributed by atoms with E-state index >= 15 is 0 Å². The Morgan fingerprint density at radius 3 is 2.48 bits per heavy atom. The zero-order valence-electron chi connectivity index (χ0n) is 11.8. The molecule has 1 saturated heterocycles. The molecular weight excluding hydrogens is 270 g/mol. The Hall–Kier alpha value is -2.48. The molecule has 8 heteroatoms. The van der Waals surface area contributed by atoms with Gasteiger partial charge in [-0.25, -0.2) is 9.48 Å². The zero-order valence-corrected chi connectivity index (χ0v) is 11.8. The number of likely N-dealkylation sites (N-methyl/N-ethyl adjacent to an activating group) is 1. The maximum absolute atomic E-state index is 12.1. The summed E-state index contributed by atoms with van der Waals surface area (Å²) in [6.45, 7) is 3.33. The molecule has 1 aliphatic heterocycles. The molecule has 8 nitrogen and oxygen atoms in total. The normalized spacial score (nSPS) is 16.0. The van der Waals surface area contributed by atoms with Gasteiger partial charge in [0.2, 0.25) is 0 Å². The van der Waals surface area contributed by atoms with E-state index in [-0.39, 0.29) is 6.03 Å². The molecular formula is C13H17N7O. The summed E-state index contributed by atoms with van der Waals surface area (Å²) in [7, 11) is 2.06. The fourth-order valence-electron chi connectivity index (χ4n) is 2.19. The number of amides is 2. The van der Waals surface area contributed by atoms with Crippen LogP contribution in [0.1, 0.15) is 0 Å². The van der Waals surface area contributed by atoms with Crippen LogP contribution in [-0.2, 0) is 0 Å². The second kappa shape index (κ2) is 5.88. The van der Waals surface area contributed by atoms with E-state index in [0.29, 0.717) is 0 Å². The number of carbonyl (C=O) groups is 1. The standard InChI is InChI=1S/C13H17N7O/c1-18-6-8-19(9-7-18)13(21)15-11-2-4-12(5-3-11)20-10-14-16-17-20/h2-5,10H,6-9H2,1H3,(H,15,21). The van der Waals surface area contributed by atoms with Crippen molar-refractivity contribution in [3.8, 4) is 5.69 Å². The van der Waals surface area contributed by atoms with Crippen LogP contribution in [0.5, 0.6) is 0 Å². The molecule has 1 aromatic heterocycles. The monoisotopic (exact) mass is 287 g/mol. The van der Waals surface area contributed by atoms with Crippen molar-refractivity contribution in [2.75, 3.05) is 38.5 Å². The topological polar surface area (TPSA) is 79.2 Å². The highest BCUT2D eigenvalue weighted by molar-refractivity contribution is 5.89. The highest BCUT2D eigenvalue weighted by Crippen LogP contribution is 2.13. The van der Waals surface area contributed by atoms with Crippen LogP contribution in [0.4, 0.5) is 10.5 Å². The third-order valence-electron chi connectivity index (χ3n) is 3.52. The molecule has 1 fully saturated rings. The summed E-state index contributed by atoms with van der Waals surface area (Å²) in [6.07, 6.45) is 1.53. The second-order valence-corrected chi connectivity index (χ2v) is 5.02. The van der Waals surface area contributed by atoms with Gasteiger partial charge in [-0.1, -0.05) is 0 Å². The van der Waals surface area contributed by atoms with Crippen LogP contribution >= 0.6 is 0 Å². The molecule has 1 aromatic carbocycles. The number of tetrazole rings is 1. The van der Waals surface area contributed by atoms with Crippen molar-refractivity contribution in [2.45, 2.75) is 0 Å². The molecule has 3 rings (SSSR count). The lowest BCUT2D eigenvalue weighted by molar-refractivity contribution is 0.164. The average Bonchev–Trinajstić information content (AvgIpc) is 3.03. The van der Waals surface area contributed by atoms with Gasteiger partial charge in [0.15, 0.2) is 0 Å². The number of urea groups is 1. The van der Waals surface area contributed by atoms with Gasteiger partial charge in [-0.15, -0.1) is 5.10 Å². The van der Waals surface area contributed by atoms with Crippen LogP contribution < -0.4 is 5.32 Å². The summed E-state index contributed by atoms with van der Waals surface area (Å²) in [6, 6.07) is 7.33. The third kappa shape index (κ3) is 3.16. The highest BCUT2D eigenvalue weighted by Gasteiger charge is 2.18. The molecule has 0 saturated carbocycles. The first-order valence-electron chi connectivity index (χ1n) is 6.80. The quantitative estimate of drug-likeness (QED) is 0.867. The minimum Gasteiger partial charge on any atom is -0.322 e. The number of carbonyl (C=O) groups excluding carboxylic acids is 1. The Balaban J connectivity index is 1.61. The number of benzene rings is 1. The molecule has 0 radical (unpaired) electrons. The van der Waals surface area contributed by atoms with Crippen LogP contribution in [0, 0.1) is 0 Å². The first-order chi connectivity index (χ1) is 10.2. The Morgan fingerprint density at radius 2 is 1.86 bits per heavy atom. The van der Waals surface area contributed by atoms with Gasteiger partial charge in [-0.2, -0.15) is 0 Å². The summed E-state index contributed by atoms with van der Waals surface area (Å²) < 4.78 is 1.56. The number of rotatable bonds is 2. The molecule has 2 amide bonds. The number of nitrogens with one attached hydrogen (secondary N) is 1. The molecule has 110 valence electrons. The first kappa shape index (κ1) is 13.5. The van der Waals surface area contributed by atoms with E-state index in [1.165, 1.54) is 6.33 Å². The van der Waals surface area contributed by atoms with E-state index < -0.39 is 0 Å². The maximum Gasteiger partial charge on any atom is 0.321 e.